The fraction of sp³-hybridized carbons (Fsp3) is 0.800. The van der Waals surface area contributed by atoms with Crippen molar-refractivity contribution in [2.24, 2.45) is 17.5 Å². The van der Waals surface area contributed by atoms with Gasteiger partial charge in [-0.2, -0.15) is 5.10 Å². The molecule has 0 spiro atoms. The third-order valence-electron chi connectivity index (χ3n) is 5.41. The van der Waals surface area contributed by atoms with E-state index in [4.69, 9.17) is 9.73 Å². The maximum Gasteiger partial charge on any atom is 0.191 e. The van der Waals surface area contributed by atoms with Crippen molar-refractivity contribution in [1.29, 1.82) is 0 Å². The number of ether oxygens (including phenoxy) is 1. The highest BCUT2D eigenvalue weighted by molar-refractivity contribution is 14.0. The van der Waals surface area contributed by atoms with E-state index in [0.29, 0.717) is 11.5 Å². The second-order valence-corrected chi connectivity index (χ2v) is 7.66. The number of rotatable bonds is 10. The summed E-state index contributed by atoms with van der Waals surface area (Å²) in [5, 5.41) is 11.5. The lowest BCUT2D eigenvalue weighted by Crippen LogP contribution is -2.43. The molecule has 6 nitrogen and oxygen atoms in total. The summed E-state index contributed by atoms with van der Waals surface area (Å²) >= 11 is 0. The molecule has 0 bridgehead atoms. The number of nitrogens with one attached hydrogen (secondary N) is 2. The third-order valence-corrected chi connectivity index (χ3v) is 5.41. The van der Waals surface area contributed by atoms with E-state index in [1.807, 2.05) is 11.7 Å². The monoisotopic (exact) mass is 491 g/mol. The molecule has 27 heavy (non-hydrogen) atoms. The summed E-state index contributed by atoms with van der Waals surface area (Å²) in [5.74, 6) is 0.918. The van der Waals surface area contributed by atoms with Crippen LogP contribution in [-0.2, 0) is 18.2 Å². The molecule has 1 atom stereocenters. The molecular weight excluding hydrogens is 453 g/mol. The van der Waals surface area contributed by atoms with Gasteiger partial charge in [0.05, 0.1) is 5.69 Å². The van der Waals surface area contributed by atoms with E-state index in [9.17, 15) is 0 Å². The van der Waals surface area contributed by atoms with E-state index >= 15 is 0 Å². The number of aryl methyl sites for hydroxylation is 2. The minimum absolute atomic E-state index is 0. The summed E-state index contributed by atoms with van der Waals surface area (Å²) in [4.78, 5) is 4.88. The summed E-state index contributed by atoms with van der Waals surface area (Å²) in [6, 6.07) is 0.299. The Morgan fingerprint density at radius 2 is 2.04 bits per heavy atom. The molecule has 156 valence electrons. The second-order valence-electron chi connectivity index (χ2n) is 7.66. The van der Waals surface area contributed by atoms with Crippen LogP contribution in [0.4, 0.5) is 0 Å². The van der Waals surface area contributed by atoms with Crippen LogP contribution in [0.25, 0.3) is 0 Å². The maximum absolute atomic E-state index is 5.53. The average Bonchev–Trinajstić information content (AvgIpc) is 3.32. The van der Waals surface area contributed by atoms with E-state index in [1.54, 1.807) is 0 Å². The summed E-state index contributed by atoms with van der Waals surface area (Å²) < 4.78 is 7.50. The highest BCUT2D eigenvalue weighted by Crippen LogP contribution is 2.49. The molecule has 1 aromatic heterocycles. The Hall–Kier alpha value is -0.830. The van der Waals surface area contributed by atoms with Crippen LogP contribution in [0.2, 0.25) is 0 Å². The largest absolute Gasteiger partial charge is 0.382 e. The topological polar surface area (TPSA) is 63.5 Å². The fourth-order valence-electron chi connectivity index (χ4n) is 3.37. The SMILES string of the molecule is CCNC(=NCC1(CCOCC)CC1)NC(C)Cc1c(C)nn(C)c1C.I. The van der Waals surface area contributed by atoms with Gasteiger partial charge >= 0.3 is 0 Å². The van der Waals surface area contributed by atoms with E-state index in [1.165, 1.54) is 24.1 Å². The maximum atomic E-state index is 5.53. The molecule has 7 heteroatoms. The Kier molecular flexibility index (Phi) is 10.1. The van der Waals surface area contributed by atoms with Crippen LogP contribution in [0.5, 0.6) is 0 Å². The minimum atomic E-state index is 0. The van der Waals surface area contributed by atoms with Crippen LogP contribution in [0.3, 0.4) is 0 Å². The standard InChI is InChI=1S/C20H37N5O.HI/c1-7-21-19(22-14-20(9-10-20)11-12-26-8-2)23-15(3)13-18-16(4)24-25(6)17(18)5;/h15H,7-14H2,1-6H3,(H2,21,22,23);1H. The molecule has 1 unspecified atom stereocenters. The van der Waals surface area contributed by atoms with Gasteiger partial charge in [0, 0.05) is 45.1 Å². The van der Waals surface area contributed by atoms with Gasteiger partial charge in [-0.05, 0) is 71.3 Å². The Labute approximate surface area is 181 Å². The smallest absolute Gasteiger partial charge is 0.191 e. The van der Waals surface area contributed by atoms with Crippen LogP contribution in [0.15, 0.2) is 4.99 Å². The third kappa shape index (κ3) is 7.25. The van der Waals surface area contributed by atoms with Crippen molar-refractivity contribution in [3.8, 4) is 0 Å². The van der Waals surface area contributed by atoms with Crippen LogP contribution in [0, 0.1) is 19.3 Å². The zero-order chi connectivity index (χ0) is 19.2. The highest BCUT2D eigenvalue weighted by Gasteiger charge is 2.41. The lowest BCUT2D eigenvalue weighted by Gasteiger charge is -2.19. The molecule has 0 aromatic carbocycles. The number of hydrogen-bond donors (Lipinski definition) is 2. The molecule has 1 aliphatic carbocycles. The first-order chi connectivity index (χ1) is 12.4. The van der Waals surface area contributed by atoms with Crippen LogP contribution in [0.1, 0.15) is 57.0 Å². The van der Waals surface area contributed by atoms with Crippen molar-refractivity contribution in [2.45, 2.75) is 66.3 Å². The number of aromatic nitrogens is 2. The first-order valence-electron chi connectivity index (χ1n) is 10.0. The predicted molar refractivity (Wildman–Crippen MR) is 123 cm³/mol. The zero-order valence-corrected chi connectivity index (χ0v) is 20.2. The number of hydrogen-bond acceptors (Lipinski definition) is 3. The molecule has 0 radical (unpaired) electrons. The van der Waals surface area contributed by atoms with E-state index < -0.39 is 0 Å². The molecule has 1 aromatic rings. The van der Waals surface area contributed by atoms with Crippen LogP contribution >= 0.6 is 24.0 Å². The summed E-state index contributed by atoms with van der Waals surface area (Å²) in [6.07, 6.45) is 4.61. The quantitative estimate of drug-likeness (QED) is 0.228. The highest BCUT2D eigenvalue weighted by atomic mass is 127. The molecule has 2 rings (SSSR count). The molecule has 1 aliphatic rings. The van der Waals surface area contributed by atoms with Crippen molar-refractivity contribution < 1.29 is 4.74 Å². The molecule has 1 saturated carbocycles. The Morgan fingerprint density at radius 3 is 2.56 bits per heavy atom. The van der Waals surface area contributed by atoms with Gasteiger partial charge < -0.3 is 15.4 Å². The van der Waals surface area contributed by atoms with Gasteiger partial charge in [-0.1, -0.05) is 0 Å². The van der Waals surface area contributed by atoms with Crippen LogP contribution < -0.4 is 10.6 Å². The van der Waals surface area contributed by atoms with Gasteiger partial charge in [0.15, 0.2) is 5.96 Å². The van der Waals surface area contributed by atoms with Gasteiger partial charge in [-0.25, -0.2) is 0 Å². The lowest BCUT2D eigenvalue weighted by molar-refractivity contribution is 0.129. The van der Waals surface area contributed by atoms with E-state index in [0.717, 1.165) is 50.8 Å². The Bertz CT molecular complexity index is 610. The molecular formula is C20H38IN5O. The first-order valence-corrected chi connectivity index (χ1v) is 10.0. The van der Waals surface area contributed by atoms with Crippen molar-refractivity contribution in [2.75, 3.05) is 26.3 Å². The lowest BCUT2D eigenvalue weighted by atomic mass is 10.0. The average molecular weight is 491 g/mol. The molecule has 1 fully saturated rings. The molecule has 0 aliphatic heterocycles. The predicted octanol–water partition coefficient (Wildman–Crippen LogP) is 3.35. The van der Waals surface area contributed by atoms with Gasteiger partial charge in [-0.15, -0.1) is 24.0 Å². The van der Waals surface area contributed by atoms with Gasteiger partial charge in [0.2, 0.25) is 0 Å². The van der Waals surface area contributed by atoms with Crippen LogP contribution in [-0.4, -0.2) is 48.1 Å². The molecule has 1 heterocycles. The van der Waals surface area contributed by atoms with Crippen molar-refractivity contribution in [1.82, 2.24) is 20.4 Å². The van der Waals surface area contributed by atoms with E-state index in [-0.39, 0.29) is 24.0 Å². The second kappa shape index (κ2) is 11.2. The summed E-state index contributed by atoms with van der Waals surface area (Å²) in [5.41, 5.74) is 4.07. The Balaban J connectivity index is 0.00000364. The van der Waals surface area contributed by atoms with Gasteiger partial charge in [-0.3, -0.25) is 9.67 Å². The van der Waals surface area contributed by atoms with E-state index in [2.05, 4.69) is 50.4 Å². The first kappa shape index (κ1) is 24.2. The van der Waals surface area contributed by atoms with Crippen molar-refractivity contribution in [3.05, 3.63) is 17.0 Å². The summed E-state index contributed by atoms with van der Waals surface area (Å²) in [7, 11) is 2.01. The van der Waals surface area contributed by atoms with Gasteiger partial charge in [0.25, 0.3) is 0 Å². The zero-order valence-electron chi connectivity index (χ0n) is 17.9. The molecule has 0 amide bonds. The normalized spacial score (nSPS) is 16.6. The van der Waals surface area contributed by atoms with Crippen molar-refractivity contribution in [3.63, 3.8) is 0 Å². The number of nitrogens with zero attached hydrogens (tertiary/aromatic N) is 3. The summed E-state index contributed by atoms with van der Waals surface area (Å²) in [6.45, 7) is 14.0. The fourth-order valence-corrected chi connectivity index (χ4v) is 3.37. The minimum Gasteiger partial charge on any atom is -0.382 e. The van der Waals surface area contributed by atoms with Gasteiger partial charge in [0.1, 0.15) is 0 Å². The number of aliphatic imine (C=N–C) groups is 1. The van der Waals surface area contributed by atoms with Crippen molar-refractivity contribution >= 4 is 29.9 Å². The number of guanidine groups is 1. The molecule has 0 saturated heterocycles. The molecule has 2 N–H and O–H groups in total. The number of halogens is 1. The Morgan fingerprint density at radius 1 is 1.33 bits per heavy atom.